The van der Waals surface area contributed by atoms with Gasteiger partial charge in [0, 0.05) is 5.46 Å². The van der Waals surface area contributed by atoms with Gasteiger partial charge in [-0.2, -0.15) is 0 Å². The van der Waals surface area contributed by atoms with Gasteiger partial charge in [0.05, 0.1) is 11.2 Å². The Morgan fingerprint density at radius 1 is 1.16 bits per heavy atom. The fourth-order valence-corrected chi connectivity index (χ4v) is 1.96. The average molecular weight is 264 g/mol. The molecule has 5 nitrogen and oxygen atoms in total. The number of hydrogen-bond donors (Lipinski definition) is 2. The van der Waals surface area contributed by atoms with E-state index in [9.17, 15) is 15.0 Å². The zero-order chi connectivity index (χ0) is 14.4. The number of aromatic hydroxyl groups is 1. The van der Waals surface area contributed by atoms with Crippen LogP contribution >= 0.6 is 0 Å². The SMILES string of the molecule is CC1(C)OB(c2cccc(O)c2C(=O)O)OC1(C)C. The van der Waals surface area contributed by atoms with Crippen LogP contribution in [-0.2, 0) is 9.31 Å². The number of hydrogen-bond acceptors (Lipinski definition) is 4. The van der Waals surface area contributed by atoms with Crippen molar-refractivity contribution < 1.29 is 24.3 Å². The minimum Gasteiger partial charge on any atom is -0.507 e. The summed E-state index contributed by atoms with van der Waals surface area (Å²) in [5.74, 6) is -1.50. The van der Waals surface area contributed by atoms with Crippen LogP contribution in [0.4, 0.5) is 0 Å². The molecule has 19 heavy (non-hydrogen) atoms. The van der Waals surface area contributed by atoms with E-state index in [2.05, 4.69) is 0 Å². The molecule has 0 atom stereocenters. The number of carbonyl (C=O) groups is 1. The first-order chi connectivity index (χ1) is 8.66. The largest absolute Gasteiger partial charge is 0.507 e. The molecule has 1 aromatic carbocycles. The summed E-state index contributed by atoms with van der Waals surface area (Å²) in [6.45, 7) is 7.54. The Morgan fingerprint density at radius 2 is 1.68 bits per heavy atom. The number of rotatable bonds is 2. The van der Waals surface area contributed by atoms with Crippen molar-refractivity contribution in [3.63, 3.8) is 0 Å². The molecule has 1 aliphatic rings. The first-order valence-electron chi connectivity index (χ1n) is 6.06. The number of carboxylic acid groups (broad SMARTS) is 1. The van der Waals surface area contributed by atoms with Crippen LogP contribution in [0.1, 0.15) is 38.1 Å². The van der Waals surface area contributed by atoms with E-state index in [0.717, 1.165) is 0 Å². The molecule has 1 aromatic rings. The highest BCUT2D eigenvalue weighted by Crippen LogP contribution is 2.37. The minimum atomic E-state index is -1.21. The van der Waals surface area contributed by atoms with Crippen molar-refractivity contribution in [1.29, 1.82) is 0 Å². The van der Waals surface area contributed by atoms with Crippen molar-refractivity contribution in [2.24, 2.45) is 0 Å². The van der Waals surface area contributed by atoms with Crippen LogP contribution in [-0.4, -0.2) is 34.5 Å². The van der Waals surface area contributed by atoms with Crippen molar-refractivity contribution in [2.45, 2.75) is 38.9 Å². The molecule has 2 N–H and O–H groups in total. The monoisotopic (exact) mass is 264 g/mol. The molecule has 0 amide bonds. The van der Waals surface area contributed by atoms with E-state index >= 15 is 0 Å². The molecule has 0 spiro atoms. The quantitative estimate of drug-likeness (QED) is 0.789. The predicted molar refractivity (Wildman–Crippen MR) is 70.8 cm³/mol. The normalized spacial score (nSPS) is 20.5. The van der Waals surface area contributed by atoms with Gasteiger partial charge in [0.25, 0.3) is 0 Å². The Labute approximate surface area is 112 Å². The van der Waals surface area contributed by atoms with E-state index in [4.69, 9.17) is 9.31 Å². The van der Waals surface area contributed by atoms with Crippen molar-refractivity contribution >= 4 is 18.6 Å². The zero-order valence-corrected chi connectivity index (χ0v) is 11.4. The summed E-state index contributed by atoms with van der Waals surface area (Å²) < 4.78 is 11.6. The molecule has 1 aliphatic heterocycles. The Balaban J connectivity index is 2.46. The summed E-state index contributed by atoms with van der Waals surface area (Å²) >= 11 is 0. The van der Waals surface area contributed by atoms with E-state index in [-0.39, 0.29) is 11.3 Å². The lowest BCUT2D eigenvalue weighted by Gasteiger charge is -2.32. The van der Waals surface area contributed by atoms with Gasteiger partial charge in [-0.05, 0) is 33.8 Å². The fourth-order valence-electron chi connectivity index (χ4n) is 1.96. The van der Waals surface area contributed by atoms with E-state index in [1.54, 1.807) is 12.1 Å². The maximum Gasteiger partial charge on any atom is 0.495 e. The summed E-state index contributed by atoms with van der Waals surface area (Å²) in [4.78, 5) is 11.3. The first-order valence-corrected chi connectivity index (χ1v) is 6.06. The van der Waals surface area contributed by atoms with Gasteiger partial charge in [-0.15, -0.1) is 0 Å². The number of benzene rings is 1. The highest BCUT2D eigenvalue weighted by Gasteiger charge is 2.52. The van der Waals surface area contributed by atoms with Crippen LogP contribution in [0.25, 0.3) is 0 Å². The Hall–Kier alpha value is -1.53. The summed E-state index contributed by atoms with van der Waals surface area (Å²) in [6, 6.07) is 4.49. The molecule has 0 radical (unpaired) electrons. The molecule has 1 heterocycles. The minimum absolute atomic E-state index is 0.180. The maximum atomic E-state index is 11.3. The molecule has 102 valence electrons. The first kappa shape index (κ1) is 13.9. The van der Waals surface area contributed by atoms with Crippen LogP contribution in [0.15, 0.2) is 18.2 Å². The predicted octanol–water partition coefficient (Wildman–Crippen LogP) is 1.39. The highest BCUT2D eigenvalue weighted by atomic mass is 16.7. The topological polar surface area (TPSA) is 76.0 Å². The second-order valence-electron chi connectivity index (χ2n) is 5.63. The molecular weight excluding hydrogens is 247 g/mol. The van der Waals surface area contributed by atoms with Crippen LogP contribution in [0.3, 0.4) is 0 Å². The summed E-state index contributed by atoms with van der Waals surface area (Å²) in [7, 11) is -0.803. The molecule has 6 heteroatoms. The van der Waals surface area contributed by atoms with E-state index in [0.29, 0.717) is 5.46 Å². The molecule has 0 bridgehead atoms. The Morgan fingerprint density at radius 3 is 2.16 bits per heavy atom. The van der Waals surface area contributed by atoms with Crippen molar-refractivity contribution in [3.05, 3.63) is 23.8 Å². The van der Waals surface area contributed by atoms with E-state index in [1.165, 1.54) is 6.07 Å². The third-order valence-electron chi connectivity index (χ3n) is 3.80. The third kappa shape index (κ3) is 2.22. The van der Waals surface area contributed by atoms with Gasteiger partial charge in [-0.25, -0.2) is 4.79 Å². The Kier molecular flexibility index (Phi) is 3.11. The van der Waals surface area contributed by atoms with Gasteiger partial charge in [0.15, 0.2) is 0 Å². The molecule has 0 aromatic heterocycles. The van der Waals surface area contributed by atoms with Gasteiger partial charge in [0.2, 0.25) is 0 Å². The molecule has 1 saturated heterocycles. The summed E-state index contributed by atoms with van der Waals surface area (Å²) in [5.41, 5.74) is -0.968. The molecular formula is C13H17BO5. The second-order valence-corrected chi connectivity index (χ2v) is 5.63. The molecule has 1 fully saturated rings. The van der Waals surface area contributed by atoms with Crippen LogP contribution in [0, 0.1) is 0 Å². The lowest BCUT2D eigenvalue weighted by molar-refractivity contribution is 0.00578. The number of carboxylic acids is 1. The lowest BCUT2D eigenvalue weighted by atomic mass is 9.75. The van der Waals surface area contributed by atoms with E-state index < -0.39 is 24.3 Å². The van der Waals surface area contributed by atoms with E-state index in [1.807, 2.05) is 27.7 Å². The highest BCUT2D eigenvalue weighted by molar-refractivity contribution is 6.63. The second kappa shape index (κ2) is 4.25. The number of phenols is 1. The average Bonchev–Trinajstić information content (AvgIpc) is 2.47. The standard InChI is InChI=1S/C13H17BO5/c1-12(2)13(3,4)19-14(18-12)8-6-5-7-9(15)10(8)11(16)17/h5-7,15H,1-4H3,(H,16,17). The van der Waals surface area contributed by atoms with Crippen LogP contribution < -0.4 is 5.46 Å². The van der Waals surface area contributed by atoms with Gasteiger partial charge < -0.3 is 19.5 Å². The molecule has 0 unspecified atom stereocenters. The fraction of sp³-hybridized carbons (Fsp3) is 0.462. The van der Waals surface area contributed by atoms with Gasteiger partial charge in [-0.3, -0.25) is 0 Å². The Bertz CT molecular complexity index is 508. The smallest absolute Gasteiger partial charge is 0.495 e. The van der Waals surface area contributed by atoms with Gasteiger partial charge in [0.1, 0.15) is 11.3 Å². The van der Waals surface area contributed by atoms with Crippen molar-refractivity contribution in [1.82, 2.24) is 0 Å². The lowest BCUT2D eigenvalue weighted by Crippen LogP contribution is -2.41. The van der Waals surface area contributed by atoms with Gasteiger partial charge in [-0.1, -0.05) is 12.1 Å². The summed E-state index contributed by atoms with van der Waals surface area (Å²) in [6.07, 6.45) is 0. The van der Waals surface area contributed by atoms with Crippen molar-refractivity contribution in [2.75, 3.05) is 0 Å². The number of aromatic carboxylic acids is 1. The zero-order valence-electron chi connectivity index (χ0n) is 11.4. The van der Waals surface area contributed by atoms with Crippen molar-refractivity contribution in [3.8, 4) is 5.75 Å². The van der Waals surface area contributed by atoms with Gasteiger partial charge >= 0.3 is 13.1 Å². The van der Waals surface area contributed by atoms with Crippen LogP contribution in [0.5, 0.6) is 5.75 Å². The maximum absolute atomic E-state index is 11.3. The molecule has 0 aliphatic carbocycles. The summed E-state index contributed by atoms with van der Waals surface area (Å²) in [5, 5.41) is 18.9. The molecule has 0 saturated carbocycles. The molecule has 2 rings (SSSR count). The third-order valence-corrected chi connectivity index (χ3v) is 3.80. The van der Waals surface area contributed by atoms with Crippen LogP contribution in [0.2, 0.25) is 0 Å².